The van der Waals surface area contributed by atoms with Gasteiger partial charge in [0, 0.05) is 5.56 Å². The molecule has 1 aromatic carbocycles. The van der Waals surface area contributed by atoms with Gasteiger partial charge in [0.2, 0.25) is 0 Å². The van der Waals surface area contributed by atoms with Crippen LogP contribution in [-0.4, -0.2) is 13.6 Å². The smallest absolute Gasteiger partial charge is 0.293 e. The van der Waals surface area contributed by atoms with Crippen LogP contribution in [0, 0.1) is 0 Å². The molecule has 0 radical (unpaired) electrons. The van der Waals surface area contributed by atoms with E-state index in [0.717, 1.165) is 24.2 Å². The van der Waals surface area contributed by atoms with Crippen LogP contribution >= 0.6 is 0 Å². The fourth-order valence-electron chi connectivity index (χ4n) is 1.98. The van der Waals surface area contributed by atoms with Crippen LogP contribution in [0.1, 0.15) is 23.7 Å². The Hall–Kier alpha value is -1.51. The molecule has 0 aliphatic heterocycles. The highest BCUT2D eigenvalue weighted by Crippen LogP contribution is 2.38. The second-order valence-corrected chi connectivity index (χ2v) is 3.29. The third-order valence-corrected chi connectivity index (χ3v) is 2.61. The first-order valence-corrected chi connectivity index (χ1v) is 4.61. The van der Waals surface area contributed by atoms with Crippen LogP contribution in [-0.2, 0) is 16.0 Å². The van der Waals surface area contributed by atoms with Crippen LogP contribution in [0.5, 0.6) is 5.75 Å². The van der Waals surface area contributed by atoms with E-state index in [-0.39, 0.29) is 6.10 Å². The van der Waals surface area contributed by atoms with Gasteiger partial charge in [-0.25, -0.2) is 0 Å². The normalized spacial score (nSPS) is 18.8. The molecule has 0 spiro atoms. The Labute approximate surface area is 82.6 Å². The molecular formula is C11H12O3. The molecule has 0 aromatic heterocycles. The molecule has 0 heterocycles. The van der Waals surface area contributed by atoms with E-state index in [4.69, 9.17) is 9.47 Å². The molecule has 0 saturated carbocycles. The monoisotopic (exact) mass is 192 g/mol. The van der Waals surface area contributed by atoms with Crippen molar-refractivity contribution in [1.82, 2.24) is 0 Å². The van der Waals surface area contributed by atoms with E-state index in [0.29, 0.717) is 6.47 Å². The number of ether oxygens (including phenoxy) is 2. The number of fused-ring (bicyclic) bond motifs is 1. The lowest BCUT2D eigenvalue weighted by Crippen LogP contribution is -1.98. The number of hydrogen-bond acceptors (Lipinski definition) is 3. The van der Waals surface area contributed by atoms with E-state index in [1.54, 1.807) is 7.11 Å². The molecule has 1 aliphatic rings. The maximum Gasteiger partial charge on any atom is 0.293 e. The zero-order valence-electron chi connectivity index (χ0n) is 8.03. The summed E-state index contributed by atoms with van der Waals surface area (Å²) in [5, 5.41) is 0. The van der Waals surface area contributed by atoms with Crippen LogP contribution in [0.2, 0.25) is 0 Å². The predicted octanol–water partition coefficient (Wildman–Crippen LogP) is 1.86. The Morgan fingerprint density at radius 1 is 1.50 bits per heavy atom. The molecule has 1 aromatic rings. The van der Waals surface area contributed by atoms with Gasteiger partial charge in [0.1, 0.15) is 11.9 Å². The van der Waals surface area contributed by atoms with Crippen molar-refractivity contribution >= 4 is 6.47 Å². The lowest BCUT2D eigenvalue weighted by atomic mass is 10.1. The molecule has 0 fully saturated rings. The standard InChI is InChI=1S/C11H12O3/c1-13-10-4-2-3-8-9(10)5-6-11(8)14-7-12/h2-4,7,11H,5-6H2,1H3. The zero-order chi connectivity index (χ0) is 9.97. The first kappa shape index (κ1) is 9.06. The van der Waals surface area contributed by atoms with Gasteiger partial charge < -0.3 is 9.47 Å². The van der Waals surface area contributed by atoms with E-state index < -0.39 is 0 Å². The van der Waals surface area contributed by atoms with Crippen LogP contribution in [0.25, 0.3) is 0 Å². The number of hydrogen-bond donors (Lipinski definition) is 0. The number of carbonyl (C=O) groups is 1. The Bertz CT molecular complexity index is 346. The highest BCUT2D eigenvalue weighted by molar-refractivity contribution is 5.47. The molecular weight excluding hydrogens is 180 g/mol. The minimum Gasteiger partial charge on any atom is -0.496 e. The molecule has 0 bridgehead atoms. The van der Waals surface area contributed by atoms with Crippen molar-refractivity contribution in [2.75, 3.05) is 7.11 Å². The maximum atomic E-state index is 10.3. The predicted molar refractivity (Wildman–Crippen MR) is 51.2 cm³/mol. The van der Waals surface area contributed by atoms with E-state index in [2.05, 4.69) is 0 Å². The molecule has 3 nitrogen and oxygen atoms in total. The number of benzene rings is 1. The van der Waals surface area contributed by atoms with Gasteiger partial charge in [0.05, 0.1) is 7.11 Å². The summed E-state index contributed by atoms with van der Waals surface area (Å²) in [5.41, 5.74) is 2.25. The highest BCUT2D eigenvalue weighted by Gasteiger charge is 2.25. The third-order valence-electron chi connectivity index (χ3n) is 2.61. The summed E-state index contributed by atoms with van der Waals surface area (Å²) in [4.78, 5) is 10.3. The van der Waals surface area contributed by atoms with Crippen molar-refractivity contribution in [2.45, 2.75) is 18.9 Å². The largest absolute Gasteiger partial charge is 0.496 e. The van der Waals surface area contributed by atoms with Gasteiger partial charge in [0.25, 0.3) is 6.47 Å². The average Bonchev–Trinajstić information content (AvgIpc) is 2.62. The van der Waals surface area contributed by atoms with E-state index in [9.17, 15) is 4.79 Å². The van der Waals surface area contributed by atoms with E-state index in [1.807, 2.05) is 18.2 Å². The Morgan fingerprint density at radius 2 is 2.36 bits per heavy atom. The van der Waals surface area contributed by atoms with Crippen LogP contribution in [0.3, 0.4) is 0 Å². The summed E-state index contributed by atoms with van der Waals surface area (Å²) >= 11 is 0. The third kappa shape index (κ3) is 1.35. The van der Waals surface area contributed by atoms with E-state index in [1.165, 1.54) is 5.56 Å². The van der Waals surface area contributed by atoms with Gasteiger partial charge in [0.15, 0.2) is 0 Å². The summed E-state index contributed by atoms with van der Waals surface area (Å²) in [5.74, 6) is 0.888. The summed E-state index contributed by atoms with van der Waals surface area (Å²) in [6.45, 7) is 0.513. The first-order chi connectivity index (χ1) is 6.86. The lowest BCUT2D eigenvalue weighted by Gasteiger charge is -2.10. The number of rotatable bonds is 3. The topological polar surface area (TPSA) is 35.5 Å². The Balaban J connectivity index is 2.36. The average molecular weight is 192 g/mol. The van der Waals surface area contributed by atoms with Gasteiger partial charge in [-0.15, -0.1) is 0 Å². The molecule has 1 unspecified atom stereocenters. The second kappa shape index (κ2) is 3.70. The number of carbonyl (C=O) groups excluding carboxylic acids is 1. The van der Waals surface area contributed by atoms with Crippen molar-refractivity contribution < 1.29 is 14.3 Å². The summed E-state index contributed by atoms with van der Waals surface area (Å²) < 4.78 is 10.2. The van der Waals surface area contributed by atoms with Crippen molar-refractivity contribution in [3.05, 3.63) is 29.3 Å². The molecule has 1 atom stereocenters. The molecule has 1 aliphatic carbocycles. The Kier molecular flexibility index (Phi) is 2.39. The fourth-order valence-corrected chi connectivity index (χ4v) is 1.98. The van der Waals surface area contributed by atoms with Gasteiger partial charge in [-0.1, -0.05) is 12.1 Å². The number of methoxy groups -OCH3 is 1. The molecule has 3 heteroatoms. The van der Waals surface area contributed by atoms with Crippen molar-refractivity contribution in [2.24, 2.45) is 0 Å². The van der Waals surface area contributed by atoms with Crippen molar-refractivity contribution in [1.29, 1.82) is 0 Å². The lowest BCUT2D eigenvalue weighted by molar-refractivity contribution is -0.133. The quantitative estimate of drug-likeness (QED) is 0.685. The molecule has 14 heavy (non-hydrogen) atoms. The summed E-state index contributed by atoms with van der Waals surface area (Å²) in [6.07, 6.45) is 1.68. The first-order valence-electron chi connectivity index (χ1n) is 4.61. The van der Waals surface area contributed by atoms with Crippen molar-refractivity contribution in [3.8, 4) is 5.75 Å². The van der Waals surface area contributed by atoms with Gasteiger partial charge in [-0.05, 0) is 24.5 Å². The molecule has 0 saturated heterocycles. The van der Waals surface area contributed by atoms with Gasteiger partial charge >= 0.3 is 0 Å². The molecule has 2 rings (SSSR count). The van der Waals surface area contributed by atoms with Crippen molar-refractivity contribution in [3.63, 3.8) is 0 Å². The van der Waals surface area contributed by atoms with Crippen LogP contribution in [0.15, 0.2) is 18.2 Å². The minimum absolute atomic E-state index is 0.0856. The van der Waals surface area contributed by atoms with Gasteiger partial charge in [-0.2, -0.15) is 0 Å². The van der Waals surface area contributed by atoms with Crippen LogP contribution in [0.4, 0.5) is 0 Å². The molecule has 0 N–H and O–H groups in total. The van der Waals surface area contributed by atoms with Gasteiger partial charge in [-0.3, -0.25) is 4.79 Å². The maximum absolute atomic E-state index is 10.3. The fraction of sp³-hybridized carbons (Fsp3) is 0.364. The zero-order valence-corrected chi connectivity index (χ0v) is 8.03. The van der Waals surface area contributed by atoms with Crippen LogP contribution < -0.4 is 4.74 Å². The highest BCUT2D eigenvalue weighted by atomic mass is 16.5. The SMILES string of the molecule is COc1cccc2c1CCC2OC=O. The minimum atomic E-state index is -0.0856. The summed E-state index contributed by atoms with van der Waals surface area (Å²) in [6, 6.07) is 5.84. The van der Waals surface area contributed by atoms with E-state index >= 15 is 0 Å². The summed E-state index contributed by atoms with van der Waals surface area (Å²) in [7, 11) is 1.66. The second-order valence-electron chi connectivity index (χ2n) is 3.29. The molecule has 74 valence electrons. The molecule has 0 amide bonds. The Morgan fingerprint density at radius 3 is 3.07 bits per heavy atom.